The highest BCUT2D eigenvalue weighted by molar-refractivity contribution is 7.89. The number of nitrogens with one attached hydrogen (secondary N) is 1. The molecule has 2 aliphatic heterocycles. The summed E-state index contributed by atoms with van der Waals surface area (Å²) in [5, 5.41) is 11.8. The molecule has 124 valence electrons. The van der Waals surface area contributed by atoms with Gasteiger partial charge in [-0.1, -0.05) is 0 Å². The molecule has 0 radical (unpaired) electrons. The predicted molar refractivity (Wildman–Crippen MR) is 79.7 cm³/mol. The van der Waals surface area contributed by atoms with Crippen LogP contribution in [0.15, 0.2) is 23.1 Å². The largest absolute Gasteiger partial charge is 0.480 e. The predicted octanol–water partition coefficient (Wildman–Crippen LogP) is 0.644. The van der Waals surface area contributed by atoms with Crippen LogP contribution in [0.2, 0.25) is 0 Å². The van der Waals surface area contributed by atoms with Crippen LogP contribution >= 0.6 is 0 Å². The van der Waals surface area contributed by atoms with Crippen LogP contribution in [0.5, 0.6) is 5.75 Å². The second-order valence-corrected chi connectivity index (χ2v) is 7.41. The zero-order valence-electron chi connectivity index (χ0n) is 12.4. The number of fused-ring (bicyclic) bond motifs is 1. The van der Waals surface area contributed by atoms with E-state index in [1.165, 1.54) is 18.2 Å². The molecule has 0 aromatic heterocycles. The summed E-state index contributed by atoms with van der Waals surface area (Å²) in [6.07, 6.45) is 0.134. The average Bonchev–Trinajstić information content (AvgIpc) is 2.98. The highest BCUT2D eigenvalue weighted by Gasteiger charge is 2.40. The first-order valence-electron chi connectivity index (χ1n) is 7.17. The summed E-state index contributed by atoms with van der Waals surface area (Å²) in [5.41, 5.74) is 0.264. The van der Waals surface area contributed by atoms with Gasteiger partial charge in [-0.15, -0.1) is 0 Å². The van der Waals surface area contributed by atoms with E-state index < -0.39 is 28.1 Å². The van der Waals surface area contributed by atoms with Crippen molar-refractivity contribution in [2.45, 2.75) is 36.8 Å². The van der Waals surface area contributed by atoms with E-state index in [0.29, 0.717) is 12.2 Å². The van der Waals surface area contributed by atoms with Crippen LogP contribution < -0.4 is 10.1 Å². The molecular weight excluding hydrogens is 324 g/mol. The molecule has 0 spiro atoms. The average molecular weight is 340 g/mol. The smallest absolute Gasteiger partial charge is 0.322 e. The lowest BCUT2D eigenvalue weighted by Crippen LogP contribution is -2.40. The van der Waals surface area contributed by atoms with Crippen LogP contribution in [0.25, 0.3) is 0 Å². The number of sulfonamides is 1. The van der Waals surface area contributed by atoms with Gasteiger partial charge in [0.2, 0.25) is 10.0 Å². The van der Waals surface area contributed by atoms with Crippen molar-refractivity contribution < 1.29 is 27.9 Å². The van der Waals surface area contributed by atoms with E-state index in [1.54, 1.807) is 6.92 Å². The molecule has 0 bridgehead atoms. The van der Waals surface area contributed by atoms with Gasteiger partial charge in [0, 0.05) is 6.54 Å². The molecule has 2 N–H and O–H groups in total. The number of hydrogen-bond acceptors (Lipinski definition) is 5. The molecule has 0 aliphatic carbocycles. The molecule has 3 rings (SSSR count). The van der Waals surface area contributed by atoms with Gasteiger partial charge in [-0.3, -0.25) is 9.59 Å². The van der Waals surface area contributed by atoms with Crippen LogP contribution in [0.3, 0.4) is 0 Å². The summed E-state index contributed by atoms with van der Waals surface area (Å²) in [6.45, 7) is 1.75. The number of nitrogens with zero attached hydrogens (tertiary/aromatic N) is 1. The van der Waals surface area contributed by atoms with E-state index in [4.69, 9.17) is 9.84 Å². The van der Waals surface area contributed by atoms with Gasteiger partial charge >= 0.3 is 5.97 Å². The van der Waals surface area contributed by atoms with E-state index in [1.807, 2.05) is 0 Å². The zero-order chi connectivity index (χ0) is 16.8. The lowest BCUT2D eigenvalue weighted by molar-refractivity contribution is -0.140. The number of ether oxygens (including phenoxy) is 1. The van der Waals surface area contributed by atoms with Crippen molar-refractivity contribution in [3.8, 4) is 5.75 Å². The number of amides is 1. The van der Waals surface area contributed by atoms with Crippen LogP contribution in [0, 0.1) is 0 Å². The van der Waals surface area contributed by atoms with Gasteiger partial charge in [0.05, 0.1) is 10.6 Å². The maximum Gasteiger partial charge on any atom is 0.322 e. The van der Waals surface area contributed by atoms with Crippen molar-refractivity contribution in [3.63, 3.8) is 0 Å². The quantitative estimate of drug-likeness (QED) is 0.835. The van der Waals surface area contributed by atoms with Gasteiger partial charge in [0.1, 0.15) is 11.8 Å². The Kier molecular flexibility index (Phi) is 3.77. The first-order chi connectivity index (χ1) is 10.8. The van der Waals surface area contributed by atoms with Crippen molar-refractivity contribution in [3.05, 3.63) is 18.2 Å². The maximum absolute atomic E-state index is 12.7. The number of carboxylic acids is 1. The Hall–Kier alpha value is -2.13. The van der Waals surface area contributed by atoms with E-state index in [2.05, 4.69) is 5.32 Å². The highest BCUT2D eigenvalue weighted by Crippen LogP contribution is 2.34. The topological polar surface area (TPSA) is 113 Å². The summed E-state index contributed by atoms with van der Waals surface area (Å²) >= 11 is 0. The van der Waals surface area contributed by atoms with Crippen molar-refractivity contribution in [1.29, 1.82) is 0 Å². The van der Waals surface area contributed by atoms with Crippen LogP contribution in [0.4, 0.5) is 5.69 Å². The fourth-order valence-corrected chi connectivity index (χ4v) is 4.44. The van der Waals surface area contributed by atoms with Gasteiger partial charge in [-0.2, -0.15) is 4.31 Å². The summed E-state index contributed by atoms with van der Waals surface area (Å²) in [4.78, 5) is 22.8. The minimum Gasteiger partial charge on any atom is -0.480 e. The van der Waals surface area contributed by atoms with Crippen LogP contribution in [-0.2, 0) is 19.6 Å². The van der Waals surface area contributed by atoms with Gasteiger partial charge < -0.3 is 15.2 Å². The molecule has 0 unspecified atom stereocenters. The Morgan fingerprint density at radius 2 is 2.17 bits per heavy atom. The third-order valence-corrected chi connectivity index (χ3v) is 5.88. The fraction of sp³-hybridized carbons (Fsp3) is 0.429. The van der Waals surface area contributed by atoms with E-state index in [0.717, 1.165) is 4.31 Å². The van der Waals surface area contributed by atoms with Crippen molar-refractivity contribution >= 4 is 27.6 Å². The molecule has 2 heterocycles. The molecule has 9 heteroatoms. The Bertz CT molecular complexity index is 775. The first-order valence-corrected chi connectivity index (χ1v) is 8.61. The standard InChI is InChI=1S/C14H16N2O6S/c1-8-13(17)15-10-7-9(4-5-12(10)22-8)23(20,21)16-6-2-3-11(16)14(18)19/h4-5,7-8,11H,2-3,6H2,1H3,(H,15,17)(H,18,19)/t8-,11+/m1/s1. The second-order valence-electron chi connectivity index (χ2n) is 5.52. The molecule has 1 amide bonds. The molecule has 1 saturated heterocycles. The van der Waals surface area contributed by atoms with Gasteiger partial charge in [-0.05, 0) is 38.0 Å². The molecule has 23 heavy (non-hydrogen) atoms. The molecule has 0 saturated carbocycles. The van der Waals surface area contributed by atoms with Crippen molar-refractivity contribution in [2.24, 2.45) is 0 Å². The Morgan fingerprint density at radius 1 is 1.43 bits per heavy atom. The molecule has 1 aromatic rings. The van der Waals surface area contributed by atoms with E-state index in [9.17, 15) is 18.0 Å². The maximum atomic E-state index is 12.7. The number of rotatable bonds is 3. The molecule has 1 aromatic carbocycles. The monoisotopic (exact) mass is 340 g/mol. The number of anilines is 1. The summed E-state index contributed by atoms with van der Waals surface area (Å²) in [6, 6.07) is 3.06. The number of carbonyl (C=O) groups is 2. The number of carbonyl (C=O) groups excluding carboxylic acids is 1. The number of aliphatic carboxylic acids is 1. The van der Waals surface area contributed by atoms with Gasteiger partial charge in [0.15, 0.2) is 6.10 Å². The lowest BCUT2D eigenvalue weighted by Gasteiger charge is -2.25. The third kappa shape index (κ3) is 2.66. The van der Waals surface area contributed by atoms with E-state index in [-0.39, 0.29) is 29.5 Å². The Labute approximate surface area is 133 Å². The summed E-state index contributed by atoms with van der Waals surface area (Å²) < 4.78 is 31.8. The number of carboxylic acid groups (broad SMARTS) is 1. The van der Waals surface area contributed by atoms with Crippen molar-refractivity contribution in [2.75, 3.05) is 11.9 Å². The highest BCUT2D eigenvalue weighted by atomic mass is 32.2. The summed E-state index contributed by atoms with van der Waals surface area (Å²) in [5.74, 6) is -1.14. The zero-order valence-corrected chi connectivity index (χ0v) is 13.2. The molecule has 2 atom stereocenters. The fourth-order valence-electron chi connectivity index (χ4n) is 2.76. The number of benzene rings is 1. The SMILES string of the molecule is C[C@H]1Oc2ccc(S(=O)(=O)N3CCC[C@H]3C(=O)O)cc2NC1=O. The normalized spacial score (nSPS) is 24.7. The van der Waals surface area contributed by atoms with E-state index >= 15 is 0 Å². The van der Waals surface area contributed by atoms with Gasteiger partial charge in [-0.25, -0.2) is 8.42 Å². The molecule has 8 nitrogen and oxygen atoms in total. The minimum absolute atomic E-state index is 0.0668. The van der Waals surface area contributed by atoms with Crippen molar-refractivity contribution in [1.82, 2.24) is 4.31 Å². The molecular formula is C14H16N2O6S. The molecule has 1 fully saturated rings. The minimum atomic E-state index is -3.95. The Morgan fingerprint density at radius 3 is 2.87 bits per heavy atom. The Balaban J connectivity index is 1.97. The number of hydrogen-bond donors (Lipinski definition) is 2. The first kappa shape index (κ1) is 15.8. The second kappa shape index (κ2) is 5.50. The van der Waals surface area contributed by atoms with Crippen LogP contribution in [0.1, 0.15) is 19.8 Å². The summed E-state index contributed by atoms with van der Waals surface area (Å²) in [7, 11) is -3.95. The van der Waals surface area contributed by atoms with Crippen LogP contribution in [-0.4, -0.2) is 48.4 Å². The third-order valence-electron chi connectivity index (χ3n) is 3.98. The molecule has 2 aliphatic rings. The lowest BCUT2D eigenvalue weighted by atomic mass is 10.2. The van der Waals surface area contributed by atoms with Gasteiger partial charge in [0.25, 0.3) is 5.91 Å².